The first-order valence-corrected chi connectivity index (χ1v) is 13.3. The van der Waals surface area contributed by atoms with Crippen LogP contribution in [0, 0.1) is 13.8 Å². The molecule has 0 bridgehead atoms. The van der Waals surface area contributed by atoms with Gasteiger partial charge < -0.3 is 14.5 Å². The Hall–Kier alpha value is -4.36. The summed E-state index contributed by atoms with van der Waals surface area (Å²) in [6.45, 7) is 4.20. The Kier molecular flexibility index (Phi) is 6.79. The molecule has 0 unspecified atom stereocenters. The first-order chi connectivity index (χ1) is 17.9. The van der Waals surface area contributed by atoms with E-state index in [2.05, 4.69) is 10.3 Å². The lowest BCUT2D eigenvalue weighted by Crippen LogP contribution is -2.07. The van der Waals surface area contributed by atoms with Gasteiger partial charge in [-0.05, 0) is 67.9 Å². The molecular weight excluding hydrogens is 484 g/mol. The molecule has 1 aromatic heterocycles. The zero-order valence-corrected chi connectivity index (χ0v) is 21.3. The van der Waals surface area contributed by atoms with E-state index in [-0.39, 0.29) is 21.7 Å². The minimum Gasteiger partial charge on any atom is -0.457 e. The van der Waals surface area contributed by atoms with Gasteiger partial charge in [-0.3, -0.25) is 0 Å². The van der Waals surface area contributed by atoms with Crippen molar-refractivity contribution in [2.75, 3.05) is 5.32 Å². The maximum atomic E-state index is 13.6. The quantitative estimate of drug-likeness (QED) is 0.238. The van der Waals surface area contributed by atoms with Crippen LogP contribution in [0.5, 0.6) is 11.5 Å². The molecule has 0 aliphatic rings. The molecule has 4 aromatic carbocycles. The van der Waals surface area contributed by atoms with Crippen molar-refractivity contribution in [1.29, 1.82) is 0 Å². The summed E-state index contributed by atoms with van der Waals surface area (Å²) in [6, 6.07) is 31.4. The third kappa shape index (κ3) is 5.57. The Morgan fingerprint density at radius 2 is 1.43 bits per heavy atom. The molecule has 5 aromatic rings. The summed E-state index contributed by atoms with van der Waals surface area (Å²) in [5.41, 5.74) is 3.63. The third-order valence-corrected chi connectivity index (χ3v) is 7.49. The van der Waals surface area contributed by atoms with Gasteiger partial charge in [-0.1, -0.05) is 65.7 Å². The van der Waals surface area contributed by atoms with Crippen molar-refractivity contribution >= 4 is 15.7 Å². The highest BCUT2D eigenvalue weighted by Gasteiger charge is 2.28. The van der Waals surface area contributed by atoms with Gasteiger partial charge in [0.1, 0.15) is 11.5 Å². The van der Waals surface area contributed by atoms with Gasteiger partial charge in [0.05, 0.1) is 4.90 Å². The van der Waals surface area contributed by atoms with Gasteiger partial charge in [0.2, 0.25) is 26.6 Å². The van der Waals surface area contributed by atoms with E-state index in [1.54, 1.807) is 24.3 Å². The predicted octanol–water partition coefficient (Wildman–Crippen LogP) is 7.20. The molecule has 6 nitrogen and oxygen atoms in total. The zero-order valence-electron chi connectivity index (χ0n) is 20.5. The van der Waals surface area contributed by atoms with Gasteiger partial charge >= 0.3 is 0 Å². The van der Waals surface area contributed by atoms with Crippen molar-refractivity contribution in [3.8, 4) is 23.0 Å². The molecule has 0 radical (unpaired) electrons. The van der Waals surface area contributed by atoms with Gasteiger partial charge in [0.15, 0.2) is 0 Å². The van der Waals surface area contributed by atoms with E-state index < -0.39 is 9.84 Å². The Balaban J connectivity index is 1.46. The van der Waals surface area contributed by atoms with Gasteiger partial charge in [-0.15, -0.1) is 0 Å². The number of rotatable bonds is 8. The lowest BCUT2D eigenvalue weighted by molar-refractivity contribution is 0.482. The highest BCUT2D eigenvalue weighted by atomic mass is 32.2. The summed E-state index contributed by atoms with van der Waals surface area (Å²) >= 11 is 0. The zero-order chi connectivity index (χ0) is 25.8. The number of ether oxygens (including phenoxy) is 1. The summed E-state index contributed by atoms with van der Waals surface area (Å²) in [7, 11) is -3.93. The number of oxazole rings is 1. The lowest BCUT2D eigenvalue weighted by atomic mass is 10.1. The number of aromatic nitrogens is 1. The molecule has 0 aliphatic heterocycles. The van der Waals surface area contributed by atoms with Gasteiger partial charge in [-0.25, -0.2) is 8.42 Å². The van der Waals surface area contributed by atoms with Crippen molar-refractivity contribution in [3.05, 3.63) is 120 Å². The van der Waals surface area contributed by atoms with E-state index in [9.17, 15) is 8.42 Å². The van der Waals surface area contributed by atoms with E-state index >= 15 is 0 Å². The highest BCUT2D eigenvalue weighted by Crippen LogP contribution is 2.33. The molecule has 0 atom stereocenters. The molecule has 7 heteroatoms. The monoisotopic (exact) mass is 510 g/mol. The second kappa shape index (κ2) is 10.3. The number of hydrogen-bond acceptors (Lipinski definition) is 6. The van der Waals surface area contributed by atoms with Crippen LogP contribution >= 0.6 is 0 Å². The summed E-state index contributed by atoms with van der Waals surface area (Å²) in [5, 5.41) is 3.00. The second-order valence-corrected chi connectivity index (χ2v) is 10.6. The average Bonchev–Trinajstić information content (AvgIpc) is 3.34. The minimum atomic E-state index is -3.93. The minimum absolute atomic E-state index is 0.0885. The van der Waals surface area contributed by atoms with Gasteiger partial charge in [0.25, 0.3) is 0 Å². The first kappa shape index (κ1) is 24.3. The molecule has 186 valence electrons. The standard InChI is InChI=1S/C30H26N2O4S/c1-21-11-15-24(16-12-21)28-32-30(37(33,34)27-17-13-22(2)14-18-27)29(36-28)31-20-23-7-6-10-26(19-23)35-25-8-4-3-5-9-25/h3-19,31H,20H2,1-2H3. The maximum absolute atomic E-state index is 13.6. The van der Waals surface area contributed by atoms with E-state index in [1.807, 2.05) is 92.7 Å². The summed E-state index contributed by atoms with van der Waals surface area (Å²) in [6.07, 6.45) is 0. The molecule has 0 amide bonds. The number of anilines is 1. The maximum Gasteiger partial charge on any atom is 0.234 e. The molecular formula is C30H26N2O4S. The van der Waals surface area contributed by atoms with Crippen molar-refractivity contribution in [1.82, 2.24) is 4.98 Å². The number of nitrogens with one attached hydrogen (secondary N) is 1. The molecule has 0 aliphatic carbocycles. The molecule has 0 saturated heterocycles. The van der Waals surface area contributed by atoms with E-state index in [1.165, 1.54) is 0 Å². The fraction of sp³-hybridized carbons (Fsp3) is 0.100. The van der Waals surface area contributed by atoms with Crippen LogP contribution in [0.15, 0.2) is 117 Å². The molecule has 1 N–H and O–H groups in total. The molecule has 0 saturated carbocycles. The summed E-state index contributed by atoms with van der Waals surface area (Å²) in [4.78, 5) is 4.58. The normalized spacial score (nSPS) is 11.3. The third-order valence-electron chi connectivity index (χ3n) is 5.81. The number of nitrogens with zero attached hydrogens (tertiary/aromatic N) is 1. The Bertz CT molecular complexity index is 1610. The molecule has 5 rings (SSSR count). The predicted molar refractivity (Wildman–Crippen MR) is 144 cm³/mol. The molecule has 0 fully saturated rings. The lowest BCUT2D eigenvalue weighted by Gasteiger charge is -2.09. The van der Waals surface area contributed by atoms with Crippen LogP contribution in [0.25, 0.3) is 11.5 Å². The number of sulfone groups is 1. The van der Waals surface area contributed by atoms with Crippen molar-refractivity contribution < 1.29 is 17.6 Å². The first-order valence-electron chi connectivity index (χ1n) is 11.8. The smallest absolute Gasteiger partial charge is 0.234 e. The second-order valence-electron chi connectivity index (χ2n) is 8.75. The summed E-state index contributed by atoms with van der Waals surface area (Å²) in [5.74, 6) is 1.73. The fourth-order valence-corrected chi connectivity index (χ4v) is 5.05. The van der Waals surface area contributed by atoms with Gasteiger partial charge in [0, 0.05) is 12.1 Å². The van der Waals surface area contributed by atoms with E-state index in [0.717, 1.165) is 22.4 Å². The molecule has 0 spiro atoms. The number of benzene rings is 4. The Morgan fingerprint density at radius 3 is 2.14 bits per heavy atom. The fourth-order valence-electron chi connectivity index (χ4n) is 3.77. The van der Waals surface area contributed by atoms with E-state index in [4.69, 9.17) is 9.15 Å². The molecule has 37 heavy (non-hydrogen) atoms. The van der Waals surface area contributed by atoms with Gasteiger partial charge in [-0.2, -0.15) is 4.98 Å². The van der Waals surface area contributed by atoms with Crippen LogP contribution in [-0.4, -0.2) is 13.4 Å². The topological polar surface area (TPSA) is 81.4 Å². The molecule has 1 heterocycles. The Labute approximate surface area is 216 Å². The van der Waals surface area contributed by atoms with Crippen molar-refractivity contribution in [3.63, 3.8) is 0 Å². The van der Waals surface area contributed by atoms with Crippen molar-refractivity contribution in [2.24, 2.45) is 0 Å². The highest BCUT2D eigenvalue weighted by molar-refractivity contribution is 7.91. The number of aryl methyl sites for hydroxylation is 2. The van der Waals surface area contributed by atoms with Crippen LogP contribution < -0.4 is 10.1 Å². The SMILES string of the molecule is Cc1ccc(-c2nc(S(=O)(=O)c3ccc(C)cc3)c(NCc3cccc(Oc4ccccc4)c3)o2)cc1. The van der Waals surface area contributed by atoms with Crippen LogP contribution in [0.2, 0.25) is 0 Å². The largest absolute Gasteiger partial charge is 0.457 e. The van der Waals surface area contributed by atoms with Crippen LogP contribution in [0.3, 0.4) is 0 Å². The summed E-state index contributed by atoms with van der Waals surface area (Å²) < 4.78 is 39.0. The number of para-hydroxylation sites is 1. The van der Waals surface area contributed by atoms with Crippen LogP contribution in [-0.2, 0) is 16.4 Å². The number of hydrogen-bond donors (Lipinski definition) is 1. The Morgan fingerprint density at radius 1 is 0.784 bits per heavy atom. The van der Waals surface area contributed by atoms with E-state index in [0.29, 0.717) is 17.9 Å². The van der Waals surface area contributed by atoms with Crippen LogP contribution in [0.4, 0.5) is 5.88 Å². The average molecular weight is 511 g/mol. The van der Waals surface area contributed by atoms with Crippen molar-refractivity contribution in [2.45, 2.75) is 30.3 Å². The van der Waals surface area contributed by atoms with Crippen LogP contribution in [0.1, 0.15) is 16.7 Å².